The van der Waals surface area contributed by atoms with E-state index in [2.05, 4.69) is 0 Å². The van der Waals surface area contributed by atoms with E-state index < -0.39 is 0 Å². The Bertz CT molecular complexity index is 354. The molecule has 1 aliphatic rings. The quantitative estimate of drug-likeness (QED) is 0.725. The summed E-state index contributed by atoms with van der Waals surface area (Å²) in [7, 11) is 1.66. The number of hydrogen-bond donors (Lipinski definition) is 0. The van der Waals surface area contributed by atoms with Crippen LogP contribution in [0.3, 0.4) is 0 Å². The Kier molecular flexibility index (Phi) is 3.60. The molecule has 1 saturated carbocycles. The minimum atomic E-state index is 0.0126. The number of methoxy groups -OCH3 is 1. The molecule has 86 valence electrons. The average Bonchev–Trinajstić information content (AvgIpc) is 2.84. The standard InChI is InChI=1S/C14H18O2/c1-16-14-9-5-4-8-12(14)13(10-15)11-6-2-3-7-11/h4-5,8-11,13H,2-3,6-7H2,1H3. The number of aldehydes is 1. The van der Waals surface area contributed by atoms with Gasteiger partial charge in [-0.3, -0.25) is 0 Å². The molecule has 0 radical (unpaired) electrons. The molecule has 0 N–H and O–H groups in total. The molecule has 0 aromatic heterocycles. The second-order valence-corrected chi connectivity index (χ2v) is 4.45. The maximum absolute atomic E-state index is 11.3. The van der Waals surface area contributed by atoms with Crippen LogP contribution >= 0.6 is 0 Å². The second kappa shape index (κ2) is 5.15. The van der Waals surface area contributed by atoms with Gasteiger partial charge in [-0.05, 0) is 24.8 Å². The Morgan fingerprint density at radius 2 is 2.00 bits per heavy atom. The molecular weight excluding hydrogens is 200 g/mol. The van der Waals surface area contributed by atoms with Gasteiger partial charge in [-0.2, -0.15) is 0 Å². The number of benzene rings is 1. The van der Waals surface area contributed by atoms with E-state index in [1.54, 1.807) is 7.11 Å². The first-order valence-corrected chi connectivity index (χ1v) is 5.95. The molecule has 0 spiro atoms. The molecule has 1 aliphatic carbocycles. The Balaban J connectivity index is 2.28. The normalized spacial score (nSPS) is 18.3. The molecule has 1 atom stereocenters. The molecule has 1 aromatic rings. The van der Waals surface area contributed by atoms with Gasteiger partial charge in [-0.1, -0.05) is 31.0 Å². The van der Waals surface area contributed by atoms with Gasteiger partial charge < -0.3 is 9.53 Å². The van der Waals surface area contributed by atoms with Gasteiger partial charge in [0.15, 0.2) is 0 Å². The topological polar surface area (TPSA) is 26.3 Å². The van der Waals surface area contributed by atoms with Gasteiger partial charge in [-0.15, -0.1) is 0 Å². The zero-order chi connectivity index (χ0) is 11.4. The summed E-state index contributed by atoms with van der Waals surface area (Å²) in [5.41, 5.74) is 1.05. The SMILES string of the molecule is COc1ccccc1C(C=O)C1CCCC1. The van der Waals surface area contributed by atoms with Crippen molar-refractivity contribution in [3.63, 3.8) is 0 Å². The fourth-order valence-electron chi connectivity index (χ4n) is 2.70. The molecule has 0 bridgehead atoms. The van der Waals surface area contributed by atoms with Crippen LogP contribution in [-0.4, -0.2) is 13.4 Å². The van der Waals surface area contributed by atoms with Gasteiger partial charge in [0.2, 0.25) is 0 Å². The fraction of sp³-hybridized carbons (Fsp3) is 0.500. The van der Waals surface area contributed by atoms with Crippen molar-refractivity contribution < 1.29 is 9.53 Å². The molecular formula is C14H18O2. The molecule has 2 rings (SSSR count). The summed E-state index contributed by atoms with van der Waals surface area (Å²) in [5, 5.41) is 0. The van der Waals surface area contributed by atoms with Crippen LogP contribution in [0.5, 0.6) is 5.75 Å². The highest BCUT2D eigenvalue weighted by Crippen LogP contribution is 2.39. The Labute approximate surface area is 96.6 Å². The predicted molar refractivity (Wildman–Crippen MR) is 63.8 cm³/mol. The van der Waals surface area contributed by atoms with E-state index in [-0.39, 0.29) is 5.92 Å². The van der Waals surface area contributed by atoms with Crippen LogP contribution in [0.1, 0.15) is 37.2 Å². The van der Waals surface area contributed by atoms with Crippen molar-refractivity contribution in [3.8, 4) is 5.75 Å². The van der Waals surface area contributed by atoms with Crippen LogP contribution in [0, 0.1) is 5.92 Å². The van der Waals surface area contributed by atoms with Crippen LogP contribution in [0.25, 0.3) is 0 Å². The van der Waals surface area contributed by atoms with Gasteiger partial charge in [0, 0.05) is 11.5 Å². The number of hydrogen-bond acceptors (Lipinski definition) is 2. The molecule has 16 heavy (non-hydrogen) atoms. The van der Waals surface area contributed by atoms with Crippen LogP contribution in [0.15, 0.2) is 24.3 Å². The lowest BCUT2D eigenvalue weighted by molar-refractivity contribution is -0.110. The van der Waals surface area contributed by atoms with Crippen molar-refractivity contribution in [3.05, 3.63) is 29.8 Å². The van der Waals surface area contributed by atoms with Crippen LogP contribution in [0.4, 0.5) is 0 Å². The van der Waals surface area contributed by atoms with Crippen molar-refractivity contribution in [2.75, 3.05) is 7.11 Å². The van der Waals surface area contributed by atoms with Gasteiger partial charge in [0.25, 0.3) is 0 Å². The zero-order valence-electron chi connectivity index (χ0n) is 9.69. The summed E-state index contributed by atoms with van der Waals surface area (Å²) < 4.78 is 5.33. The van der Waals surface area contributed by atoms with Gasteiger partial charge in [0.05, 0.1) is 7.11 Å². The molecule has 1 aromatic carbocycles. The molecule has 0 aliphatic heterocycles. The summed E-state index contributed by atoms with van der Waals surface area (Å²) in [6.07, 6.45) is 5.94. The lowest BCUT2D eigenvalue weighted by atomic mass is 9.85. The van der Waals surface area contributed by atoms with E-state index >= 15 is 0 Å². The van der Waals surface area contributed by atoms with Crippen molar-refractivity contribution in [2.24, 2.45) is 5.92 Å². The largest absolute Gasteiger partial charge is 0.496 e. The minimum absolute atomic E-state index is 0.0126. The van der Waals surface area contributed by atoms with Crippen LogP contribution in [0.2, 0.25) is 0 Å². The van der Waals surface area contributed by atoms with E-state index in [0.717, 1.165) is 17.6 Å². The summed E-state index contributed by atoms with van der Waals surface area (Å²) in [6, 6.07) is 7.86. The van der Waals surface area contributed by atoms with Gasteiger partial charge in [0.1, 0.15) is 12.0 Å². The zero-order valence-corrected chi connectivity index (χ0v) is 9.69. The minimum Gasteiger partial charge on any atom is -0.496 e. The predicted octanol–water partition coefficient (Wildman–Crippen LogP) is 3.17. The Hall–Kier alpha value is -1.31. The van der Waals surface area contributed by atoms with E-state index in [4.69, 9.17) is 4.74 Å². The van der Waals surface area contributed by atoms with Crippen molar-refractivity contribution in [1.82, 2.24) is 0 Å². The molecule has 0 heterocycles. The fourth-order valence-corrected chi connectivity index (χ4v) is 2.70. The highest BCUT2D eigenvalue weighted by atomic mass is 16.5. The van der Waals surface area contributed by atoms with E-state index in [0.29, 0.717) is 5.92 Å². The van der Waals surface area contributed by atoms with E-state index in [1.165, 1.54) is 25.7 Å². The Morgan fingerprint density at radius 1 is 1.31 bits per heavy atom. The summed E-state index contributed by atoms with van der Waals surface area (Å²) in [6.45, 7) is 0. The molecule has 2 heteroatoms. The van der Waals surface area contributed by atoms with Crippen molar-refractivity contribution >= 4 is 6.29 Å². The monoisotopic (exact) mass is 218 g/mol. The average molecular weight is 218 g/mol. The van der Waals surface area contributed by atoms with Crippen LogP contribution < -0.4 is 4.74 Å². The third-order valence-electron chi connectivity index (χ3n) is 3.55. The highest BCUT2D eigenvalue weighted by molar-refractivity contribution is 5.65. The second-order valence-electron chi connectivity index (χ2n) is 4.45. The maximum atomic E-state index is 11.3. The number of para-hydroxylation sites is 1. The lowest BCUT2D eigenvalue weighted by Crippen LogP contribution is -2.12. The Morgan fingerprint density at radius 3 is 2.62 bits per heavy atom. The molecule has 1 fully saturated rings. The lowest BCUT2D eigenvalue weighted by Gasteiger charge is -2.20. The first kappa shape index (κ1) is 11.2. The van der Waals surface area contributed by atoms with Crippen molar-refractivity contribution in [2.45, 2.75) is 31.6 Å². The number of carbonyl (C=O) groups excluding carboxylic acids is 1. The number of rotatable bonds is 4. The molecule has 0 amide bonds. The summed E-state index contributed by atoms with van der Waals surface area (Å²) in [5.74, 6) is 1.36. The van der Waals surface area contributed by atoms with Gasteiger partial charge >= 0.3 is 0 Å². The maximum Gasteiger partial charge on any atom is 0.127 e. The highest BCUT2D eigenvalue weighted by Gasteiger charge is 2.27. The molecule has 1 unspecified atom stereocenters. The van der Waals surface area contributed by atoms with Gasteiger partial charge in [-0.25, -0.2) is 0 Å². The van der Waals surface area contributed by atoms with Crippen molar-refractivity contribution in [1.29, 1.82) is 0 Å². The summed E-state index contributed by atoms with van der Waals surface area (Å²) in [4.78, 5) is 11.3. The number of carbonyl (C=O) groups is 1. The first-order valence-electron chi connectivity index (χ1n) is 5.95. The third-order valence-corrected chi connectivity index (χ3v) is 3.55. The van der Waals surface area contributed by atoms with Crippen LogP contribution in [-0.2, 0) is 4.79 Å². The third kappa shape index (κ3) is 2.11. The molecule has 2 nitrogen and oxygen atoms in total. The number of ether oxygens (including phenoxy) is 1. The van der Waals surface area contributed by atoms with E-state index in [1.807, 2.05) is 24.3 Å². The summed E-state index contributed by atoms with van der Waals surface area (Å²) >= 11 is 0. The van der Waals surface area contributed by atoms with E-state index in [9.17, 15) is 4.79 Å². The smallest absolute Gasteiger partial charge is 0.127 e. The molecule has 0 saturated heterocycles. The first-order chi connectivity index (χ1) is 7.86.